The van der Waals surface area contributed by atoms with Gasteiger partial charge in [-0.05, 0) is 114 Å². The lowest BCUT2D eigenvalue weighted by molar-refractivity contribution is 0.0539. The highest BCUT2D eigenvalue weighted by molar-refractivity contribution is 6.12. The standard InChI is InChI=1S/C48H36N6O4/c1-47(2,3)57-45(55)53-39-13-9-7-11-33(39)41-43(53)51-37-27-31(23-25-35(37)49-41)21-19-29-15-17-30(18-16-29)20-22-32-24-26-36-38(28-32)52-44-42(50-36)34-12-8-10-14-40(34)54(44)46(56)58-48(4,5)6/h7-18,23-28H,1-6H3. The molecule has 282 valence electrons. The van der Waals surface area contributed by atoms with E-state index < -0.39 is 23.4 Å². The van der Waals surface area contributed by atoms with Gasteiger partial charge in [-0.2, -0.15) is 0 Å². The van der Waals surface area contributed by atoms with Crippen LogP contribution in [0.4, 0.5) is 9.59 Å². The molecule has 0 amide bonds. The van der Waals surface area contributed by atoms with Crippen LogP contribution in [0.3, 0.4) is 0 Å². The Morgan fingerprint density at radius 2 is 0.828 bits per heavy atom. The molecule has 4 heterocycles. The number of benzene rings is 5. The van der Waals surface area contributed by atoms with Gasteiger partial charge in [-0.15, -0.1) is 0 Å². The first-order valence-corrected chi connectivity index (χ1v) is 18.8. The Morgan fingerprint density at radius 1 is 0.466 bits per heavy atom. The van der Waals surface area contributed by atoms with Crippen molar-refractivity contribution < 1.29 is 19.1 Å². The van der Waals surface area contributed by atoms with Crippen molar-refractivity contribution >= 4 is 78.4 Å². The van der Waals surface area contributed by atoms with E-state index in [2.05, 4.69) is 23.7 Å². The maximum atomic E-state index is 13.3. The van der Waals surface area contributed by atoms with E-state index in [-0.39, 0.29) is 0 Å². The average Bonchev–Trinajstić information content (AvgIpc) is 3.68. The molecule has 0 saturated heterocycles. The SMILES string of the molecule is CC(C)(C)OC(=O)n1c2ccccc2c2nc3ccc(C#Cc4ccc(C#Cc5ccc6nc7c8ccccc8n(C(=O)OC(C)(C)C)c7nc6c5)cc4)cc3nc21. The average molecular weight is 761 g/mol. The van der Waals surface area contributed by atoms with E-state index >= 15 is 0 Å². The Kier molecular flexibility index (Phi) is 8.45. The van der Waals surface area contributed by atoms with Crippen LogP contribution in [0.2, 0.25) is 0 Å². The molecule has 0 fully saturated rings. The van der Waals surface area contributed by atoms with Gasteiger partial charge in [0.05, 0.1) is 33.1 Å². The number of hydrogen-bond acceptors (Lipinski definition) is 8. The predicted molar refractivity (Wildman–Crippen MR) is 227 cm³/mol. The largest absolute Gasteiger partial charge is 0.443 e. The Labute approximate surface area is 333 Å². The molecule has 10 heteroatoms. The summed E-state index contributed by atoms with van der Waals surface area (Å²) in [7, 11) is 0. The van der Waals surface area contributed by atoms with Crippen LogP contribution in [0.25, 0.3) is 66.2 Å². The van der Waals surface area contributed by atoms with Gasteiger partial charge in [0.15, 0.2) is 11.3 Å². The lowest BCUT2D eigenvalue weighted by atomic mass is 10.1. The highest BCUT2D eigenvalue weighted by Crippen LogP contribution is 2.31. The number of aromatic nitrogens is 6. The van der Waals surface area contributed by atoms with Crippen LogP contribution in [-0.4, -0.2) is 52.5 Å². The minimum absolute atomic E-state index is 0.431. The van der Waals surface area contributed by atoms with Crippen molar-refractivity contribution in [3.8, 4) is 23.7 Å². The summed E-state index contributed by atoms with van der Waals surface area (Å²) >= 11 is 0. The Balaban J connectivity index is 0.981. The summed E-state index contributed by atoms with van der Waals surface area (Å²) in [6.07, 6.45) is -1.02. The lowest BCUT2D eigenvalue weighted by Crippen LogP contribution is -2.27. The molecule has 10 nitrogen and oxygen atoms in total. The third-order valence-electron chi connectivity index (χ3n) is 9.25. The summed E-state index contributed by atoms with van der Waals surface area (Å²) in [6, 6.07) is 34.3. The van der Waals surface area contributed by atoms with Crippen molar-refractivity contribution in [1.82, 2.24) is 29.1 Å². The second-order valence-corrected chi connectivity index (χ2v) is 15.9. The molecule has 0 aliphatic carbocycles. The molecule has 0 unspecified atom stereocenters. The number of para-hydroxylation sites is 2. The molecule has 4 aromatic heterocycles. The van der Waals surface area contributed by atoms with Gasteiger partial charge < -0.3 is 9.47 Å². The normalized spacial score (nSPS) is 11.8. The van der Waals surface area contributed by atoms with E-state index in [1.54, 1.807) is 0 Å². The summed E-state index contributed by atoms with van der Waals surface area (Å²) in [4.78, 5) is 46.3. The topological polar surface area (TPSA) is 114 Å². The second kappa shape index (κ2) is 13.6. The molecule has 0 atom stereocenters. The molecular weight excluding hydrogens is 725 g/mol. The molecule has 9 aromatic rings. The van der Waals surface area contributed by atoms with Crippen molar-refractivity contribution in [2.24, 2.45) is 0 Å². The fourth-order valence-corrected chi connectivity index (χ4v) is 6.80. The number of nitrogens with zero attached hydrogens (tertiary/aromatic N) is 6. The highest BCUT2D eigenvalue weighted by atomic mass is 16.6. The second-order valence-electron chi connectivity index (χ2n) is 15.9. The summed E-state index contributed by atoms with van der Waals surface area (Å²) in [5, 5.41) is 1.65. The van der Waals surface area contributed by atoms with Crippen molar-refractivity contribution in [2.45, 2.75) is 52.7 Å². The monoisotopic (exact) mass is 760 g/mol. The molecule has 0 bridgehead atoms. The molecule has 9 rings (SSSR count). The zero-order valence-corrected chi connectivity index (χ0v) is 32.7. The fourth-order valence-electron chi connectivity index (χ4n) is 6.80. The fraction of sp³-hybridized carbons (Fsp3) is 0.167. The first-order valence-electron chi connectivity index (χ1n) is 18.8. The van der Waals surface area contributed by atoms with Gasteiger partial charge in [-0.3, -0.25) is 0 Å². The van der Waals surface area contributed by atoms with Crippen molar-refractivity contribution in [2.75, 3.05) is 0 Å². The van der Waals surface area contributed by atoms with E-state index in [0.717, 1.165) is 33.0 Å². The van der Waals surface area contributed by atoms with Crippen molar-refractivity contribution in [3.63, 3.8) is 0 Å². The zero-order chi connectivity index (χ0) is 40.3. The minimum atomic E-state index is -0.676. The Hall–Kier alpha value is -7.56. The van der Waals surface area contributed by atoms with Crippen LogP contribution >= 0.6 is 0 Å². The summed E-state index contributed by atoms with van der Waals surface area (Å²) in [6.45, 7) is 11.0. The molecule has 0 radical (unpaired) electrons. The maximum absolute atomic E-state index is 13.3. The van der Waals surface area contributed by atoms with Gasteiger partial charge in [0.2, 0.25) is 0 Å². The van der Waals surface area contributed by atoms with Crippen molar-refractivity contribution in [3.05, 3.63) is 131 Å². The summed E-state index contributed by atoms with van der Waals surface area (Å²) < 4.78 is 14.4. The van der Waals surface area contributed by atoms with Gasteiger partial charge in [0, 0.05) is 33.0 Å². The van der Waals surface area contributed by atoms with Crippen LogP contribution < -0.4 is 0 Å². The number of hydrogen-bond donors (Lipinski definition) is 0. The molecule has 5 aromatic carbocycles. The molecule has 0 aliphatic heterocycles. The van der Waals surface area contributed by atoms with Crippen LogP contribution in [0, 0.1) is 23.7 Å². The Morgan fingerprint density at radius 3 is 1.22 bits per heavy atom. The molecule has 0 spiro atoms. The minimum Gasteiger partial charge on any atom is -0.443 e. The third kappa shape index (κ3) is 6.82. The number of carbonyl (C=O) groups excluding carboxylic acids is 2. The third-order valence-corrected chi connectivity index (χ3v) is 9.25. The predicted octanol–water partition coefficient (Wildman–Crippen LogP) is 10.2. The van der Waals surface area contributed by atoms with E-state index in [0.29, 0.717) is 55.4 Å². The van der Waals surface area contributed by atoms with E-state index in [1.807, 2.05) is 151 Å². The lowest BCUT2D eigenvalue weighted by Gasteiger charge is -2.20. The molecule has 0 saturated carbocycles. The van der Waals surface area contributed by atoms with Crippen LogP contribution in [0.5, 0.6) is 0 Å². The van der Waals surface area contributed by atoms with Crippen molar-refractivity contribution in [1.29, 1.82) is 0 Å². The maximum Gasteiger partial charge on any atom is 0.420 e. The number of ether oxygens (including phenoxy) is 2. The smallest absolute Gasteiger partial charge is 0.420 e. The first-order chi connectivity index (χ1) is 27.8. The highest BCUT2D eigenvalue weighted by Gasteiger charge is 2.25. The molecule has 0 N–H and O–H groups in total. The van der Waals surface area contributed by atoms with Crippen LogP contribution in [-0.2, 0) is 9.47 Å². The van der Waals surface area contributed by atoms with E-state index in [4.69, 9.17) is 29.4 Å². The van der Waals surface area contributed by atoms with Crippen LogP contribution in [0.1, 0.15) is 63.8 Å². The van der Waals surface area contributed by atoms with Gasteiger partial charge in [0.25, 0.3) is 0 Å². The summed E-state index contributed by atoms with van der Waals surface area (Å²) in [5.74, 6) is 12.9. The van der Waals surface area contributed by atoms with Crippen LogP contribution in [0.15, 0.2) is 109 Å². The zero-order valence-electron chi connectivity index (χ0n) is 32.7. The van der Waals surface area contributed by atoms with Gasteiger partial charge in [-0.1, -0.05) is 60.1 Å². The van der Waals surface area contributed by atoms with Gasteiger partial charge >= 0.3 is 12.2 Å². The molecule has 58 heavy (non-hydrogen) atoms. The summed E-state index contributed by atoms with van der Waals surface area (Å²) in [5.41, 5.74) is 7.93. The molecule has 0 aliphatic rings. The quantitative estimate of drug-likeness (QED) is 0.140. The van der Waals surface area contributed by atoms with E-state index in [9.17, 15) is 9.59 Å². The number of rotatable bonds is 0. The number of carbonyl (C=O) groups is 2. The first kappa shape index (κ1) is 36.1. The molecular formula is C48H36N6O4. The Bertz CT molecular complexity index is 3080. The number of fused-ring (bicyclic) bond motifs is 8. The van der Waals surface area contributed by atoms with Gasteiger partial charge in [0.1, 0.15) is 22.2 Å². The van der Waals surface area contributed by atoms with Gasteiger partial charge in [-0.25, -0.2) is 38.7 Å². The van der Waals surface area contributed by atoms with E-state index in [1.165, 1.54) is 9.13 Å².